The van der Waals surface area contributed by atoms with Gasteiger partial charge in [0.25, 0.3) is 5.56 Å². The molecule has 0 amide bonds. The molecule has 0 aliphatic carbocycles. The maximum absolute atomic E-state index is 13.2. The van der Waals surface area contributed by atoms with Crippen LogP contribution in [-0.2, 0) is 32.2 Å². The van der Waals surface area contributed by atoms with Crippen LogP contribution in [0.4, 0.5) is 5.82 Å². The Bertz CT molecular complexity index is 1420. The Morgan fingerprint density at radius 1 is 1.06 bits per heavy atom. The molecule has 0 aliphatic heterocycles. The second-order valence-electron chi connectivity index (χ2n) is 7.54. The lowest BCUT2D eigenvalue weighted by Gasteiger charge is -2.10. The van der Waals surface area contributed by atoms with Gasteiger partial charge in [0.1, 0.15) is 24.7 Å². The van der Waals surface area contributed by atoms with Crippen LogP contribution in [0.25, 0.3) is 16.9 Å². The van der Waals surface area contributed by atoms with Crippen molar-refractivity contribution < 1.29 is 23.8 Å². The molecule has 3 aromatic heterocycles. The molecule has 0 bridgehead atoms. The van der Waals surface area contributed by atoms with Crippen molar-refractivity contribution in [1.82, 2.24) is 23.5 Å². The lowest BCUT2D eigenvalue weighted by molar-refractivity contribution is -0.143. The van der Waals surface area contributed by atoms with E-state index in [2.05, 4.69) is 15.3 Å². The van der Waals surface area contributed by atoms with Crippen LogP contribution in [0.5, 0.6) is 5.75 Å². The largest absolute Gasteiger partial charge is 0.497 e. The van der Waals surface area contributed by atoms with Crippen LogP contribution < -0.4 is 15.6 Å². The minimum atomic E-state index is -0.508. The smallest absolute Gasteiger partial charge is 0.326 e. The summed E-state index contributed by atoms with van der Waals surface area (Å²) in [4.78, 5) is 46.3. The first-order chi connectivity index (χ1) is 16.9. The van der Waals surface area contributed by atoms with E-state index in [1.807, 2.05) is 24.3 Å². The summed E-state index contributed by atoms with van der Waals surface area (Å²) in [6.45, 7) is 3.92. The second-order valence-corrected chi connectivity index (χ2v) is 7.54. The van der Waals surface area contributed by atoms with Crippen LogP contribution in [-0.4, -0.2) is 62.3 Å². The summed E-state index contributed by atoms with van der Waals surface area (Å²) in [5.74, 6) is 0.301. The molecule has 35 heavy (non-hydrogen) atoms. The molecule has 3 heterocycles. The third-order valence-corrected chi connectivity index (χ3v) is 5.26. The Morgan fingerprint density at radius 2 is 1.77 bits per heavy atom. The Hall–Kier alpha value is -4.35. The summed E-state index contributed by atoms with van der Waals surface area (Å²) >= 11 is 0. The van der Waals surface area contributed by atoms with Crippen molar-refractivity contribution in [1.29, 1.82) is 0 Å². The summed E-state index contributed by atoms with van der Waals surface area (Å²) < 4.78 is 19.8. The van der Waals surface area contributed by atoms with Crippen LogP contribution in [0.15, 0.2) is 41.6 Å². The van der Waals surface area contributed by atoms with E-state index in [0.717, 1.165) is 11.3 Å². The molecule has 0 aliphatic rings. The number of nitrogens with zero attached hydrogens (tertiary/aromatic N) is 5. The summed E-state index contributed by atoms with van der Waals surface area (Å²) in [6, 6.07) is 7.52. The number of aromatic nitrogens is 5. The van der Waals surface area contributed by atoms with Crippen molar-refractivity contribution in [3.63, 3.8) is 0 Å². The molecule has 0 unspecified atom stereocenters. The van der Waals surface area contributed by atoms with Gasteiger partial charge in [0.15, 0.2) is 11.2 Å². The van der Waals surface area contributed by atoms with Gasteiger partial charge in [-0.25, -0.2) is 9.38 Å². The SMILES string of the molecule is CCOC(=O)CNc1cn2c(=O)c3ncn(Cc4ccc(OC)cc4)c3nc2n1CC(=O)OCC. The van der Waals surface area contributed by atoms with Crippen molar-refractivity contribution in [3.05, 3.63) is 52.7 Å². The number of hydrogen-bond donors (Lipinski definition) is 1. The molecule has 12 nitrogen and oxygen atoms in total. The number of anilines is 1. The maximum atomic E-state index is 13.2. The van der Waals surface area contributed by atoms with Crippen molar-refractivity contribution in [2.45, 2.75) is 26.9 Å². The fourth-order valence-electron chi connectivity index (χ4n) is 3.65. The molecule has 0 atom stereocenters. The zero-order valence-electron chi connectivity index (χ0n) is 19.7. The summed E-state index contributed by atoms with van der Waals surface area (Å²) in [5, 5.41) is 2.92. The minimum absolute atomic E-state index is 0.150. The molecule has 0 fully saturated rings. The third-order valence-electron chi connectivity index (χ3n) is 5.26. The van der Waals surface area contributed by atoms with Crippen LogP contribution in [0, 0.1) is 0 Å². The zero-order chi connectivity index (χ0) is 24.9. The summed E-state index contributed by atoms with van der Waals surface area (Å²) in [5.41, 5.74) is 1.11. The first kappa shape index (κ1) is 23.8. The number of imidazole rings is 2. The number of carbonyl (C=O) groups excluding carboxylic acids is 2. The second kappa shape index (κ2) is 10.3. The molecule has 0 saturated carbocycles. The van der Waals surface area contributed by atoms with Crippen LogP contribution in [0.3, 0.4) is 0 Å². The van der Waals surface area contributed by atoms with E-state index in [9.17, 15) is 14.4 Å². The van der Waals surface area contributed by atoms with E-state index >= 15 is 0 Å². The van der Waals surface area contributed by atoms with E-state index in [4.69, 9.17) is 14.2 Å². The van der Waals surface area contributed by atoms with E-state index in [1.165, 1.54) is 15.2 Å². The fraction of sp³-hybridized carbons (Fsp3) is 0.348. The average Bonchev–Trinajstić information content (AvgIpc) is 3.41. The van der Waals surface area contributed by atoms with E-state index in [0.29, 0.717) is 18.0 Å². The van der Waals surface area contributed by atoms with Gasteiger partial charge in [-0.3, -0.25) is 19.0 Å². The summed E-state index contributed by atoms with van der Waals surface area (Å²) in [6.07, 6.45) is 3.03. The monoisotopic (exact) mass is 482 g/mol. The van der Waals surface area contributed by atoms with E-state index in [1.54, 1.807) is 31.9 Å². The van der Waals surface area contributed by atoms with Gasteiger partial charge in [0, 0.05) is 0 Å². The van der Waals surface area contributed by atoms with E-state index in [-0.39, 0.29) is 37.6 Å². The Labute approximate surface area is 200 Å². The van der Waals surface area contributed by atoms with Crippen molar-refractivity contribution in [2.75, 3.05) is 32.2 Å². The highest BCUT2D eigenvalue weighted by Gasteiger charge is 2.20. The highest BCUT2D eigenvalue weighted by molar-refractivity contribution is 5.77. The molecule has 1 aromatic carbocycles. The number of esters is 2. The van der Waals surface area contributed by atoms with Gasteiger partial charge in [-0.05, 0) is 31.5 Å². The predicted molar refractivity (Wildman–Crippen MR) is 127 cm³/mol. The summed E-state index contributed by atoms with van der Waals surface area (Å²) in [7, 11) is 1.60. The van der Waals surface area contributed by atoms with Crippen LogP contribution in [0.1, 0.15) is 19.4 Å². The quantitative estimate of drug-likeness (QED) is 0.334. The van der Waals surface area contributed by atoms with Crippen LogP contribution in [0.2, 0.25) is 0 Å². The van der Waals surface area contributed by atoms with Gasteiger partial charge in [-0.1, -0.05) is 12.1 Å². The Kier molecular flexibility index (Phi) is 6.99. The standard InChI is InChI=1S/C23H26N6O6/c1-4-34-18(30)10-24-17-12-29-22(32)20-21(26-23(29)28(17)13-19(31)35-5-2)27(14-25-20)11-15-6-8-16(33-3)9-7-15/h6-9,12,14,24H,4-5,10-11,13H2,1-3H3. The molecule has 1 N–H and O–H groups in total. The van der Waals surface area contributed by atoms with Crippen LogP contribution >= 0.6 is 0 Å². The minimum Gasteiger partial charge on any atom is -0.497 e. The Balaban J connectivity index is 1.77. The van der Waals surface area contributed by atoms with Gasteiger partial charge in [-0.15, -0.1) is 0 Å². The molecule has 0 spiro atoms. The van der Waals surface area contributed by atoms with Gasteiger partial charge in [0.2, 0.25) is 5.78 Å². The van der Waals surface area contributed by atoms with Gasteiger partial charge < -0.3 is 24.1 Å². The predicted octanol–water partition coefficient (Wildman–Crippen LogP) is 1.44. The lowest BCUT2D eigenvalue weighted by Crippen LogP contribution is -2.21. The number of fused-ring (bicyclic) bond motifs is 2. The van der Waals surface area contributed by atoms with Crippen molar-refractivity contribution in [2.24, 2.45) is 0 Å². The number of nitrogens with one attached hydrogen (secondary N) is 1. The first-order valence-electron chi connectivity index (χ1n) is 11.1. The van der Waals surface area contributed by atoms with Gasteiger partial charge >= 0.3 is 11.9 Å². The first-order valence-corrected chi connectivity index (χ1v) is 11.1. The molecule has 4 rings (SSSR count). The maximum Gasteiger partial charge on any atom is 0.326 e. The number of hydrogen-bond acceptors (Lipinski definition) is 9. The van der Waals surface area contributed by atoms with Gasteiger partial charge in [-0.2, -0.15) is 4.98 Å². The topological polar surface area (TPSA) is 131 Å². The van der Waals surface area contributed by atoms with Gasteiger partial charge in [0.05, 0.1) is 39.4 Å². The number of carbonyl (C=O) groups is 2. The molecule has 0 saturated heterocycles. The molecule has 4 aromatic rings. The number of rotatable bonds is 10. The fourth-order valence-corrected chi connectivity index (χ4v) is 3.65. The third kappa shape index (κ3) is 4.95. The van der Waals surface area contributed by atoms with E-state index < -0.39 is 17.5 Å². The van der Waals surface area contributed by atoms with Crippen molar-refractivity contribution in [3.8, 4) is 5.75 Å². The lowest BCUT2D eigenvalue weighted by atomic mass is 10.2. The average molecular weight is 482 g/mol. The van der Waals surface area contributed by atoms with Crippen molar-refractivity contribution >= 4 is 34.7 Å². The molecular formula is C23H26N6O6. The molecule has 0 radical (unpaired) electrons. The highest BCUT2D eigenvalue weighted by Crippen LogP contribution is 2.18. The number of benzene rings is 1. The molecule has 12 heteroatoms. The molecule has 184 valence electrons. The number of methoxy groups -OCH3 is 1. The normalized spacial score (nSPS) is 11.1. The number of ether oxygens (including phenoxy) is 3. The molecular weight excluding hydrogens is 456 g/mol. The Morgan fingerprint density at radius 3 is 2.46 bits per heavy atom. The highest BCUT2D eigenvalue weighted by atomic mass is 16.5. The zero-order valence-corrected chi connectivity index (χ0v) is 19.7.